The van der Waals surface area contributed by atoms with Crippen LogP contribution in [-0.2, 0) is 35.9 Å². The van der Waals surface area contributed by atoms with Crippen LogP contribution in [0.2, 0.25) is 0 Å². The summed E-state index contributed by atoms with van der Waals surface area (Å²) < 4.78 is 53.0. The summed E-state index contributed by atoms with van der Waals surface area (Å²) in [6.45, 7) is -0.272. The van der Waals surface area contributed by atoms with Crippen LogP contribution >= 0.6 is 0 Å². The first-order valence-corrected chi connectivity index (χ1v) is 26.1. The predicted molar refractivity (Wildman–Crippen MR) is 259 cm³/mol. The van der Waals surface area contributed by atoms with Crippen molar-refractivity contribution in [1.82, 2.24) is 49.3 Å². The highest BCUT2D eigenvalue weighted by Crippen LogP contribution is 2.49. The molecule has 0 unspecified atom stereocenters. The second-order valence-electron chi connectivity index (χ2n) is 18.5. The Bertz CT molecular complexity index is 3320. The number of amidine groups is 2. The number of primary sulfonamides is 2. The average Bonchev–Trinajstić information content (AvgIpc) is 3.99. The third-order valence-corrected chi connectivity index (χ3v) is 15.8. The molecular weight excluding hydrogens is 925 g/mol. The van der Waals surface area contributed by atoms with E-state index in [2.05, 4.69) is 34.7 Å². The van der Waals surface area contributed by atoms with Crippen LogP contribution in [0.1, 0.15) is 77.0 Å². The lowest BCUT2D eigenvalue weighted by Crippen LogP contribution is -2.57. The molecule has 360 valence electrons. The van der Waals surface area contributed by atoms with Crippen LogP contribution in [0.4, 0.5) is 35.0 Å². The number of nitrogens with two attached hydrogens (primary N) is 2. The molecule has 0 radical (unpaired) electrons. The molecule has 2 aliphatic heterocycles. The van der Waals surface area contributed by atoms with Crippen LogP contribution in [0.15, 0.2) is 81.3 Å². The zero-order valence-electron chi connectivity index (χ0n) is 38.3. The summed E-state index contributed by atoms with van der Waals surface area (Å²) in [5.41, 5.74) is 0.422. The van der Waals surface area contributed by atoms with E-state index >= 15 is 4.79 Å². The number of hydrogen-bond donors (Lipinski definition) is 4. The van der Waals surface area contributed by atoms with E-state index in [1.807, 2.05) is 36.2 Å². The Hall–Kier alpha value is -6.83. The van der Waals surface area contributed by atoms with Crippen LogP contribution in [0.25, 0.3) is 22.1 Å². The van der Waals surface area contributed by atoms with E-state index in [-0.39, 0.29) is 40.3 Å². The number of sulfonamides is 2. The van der Waals surface area contributed by atoms with Gasteiger partial charge in [0.2, 0.25) is 27.8 Å². The highest BCUT2D eigenvalue weighted by molar-refractivity contribution is 7.89. The minimum absolute atomic E-state index is 0.104. The Kier molecular flexibility index (Phi) is 10.6. The van der Waals surface area contributed by atoms with Crippen LogP contribution < -0.4 is 35.8 Å². The Morgan fingerprint density at radius 1 is 0.768 bits per heavy atom. The van der Waals surface area contributed by atoms with E-state index in [0.717, 1.165) is 92.5 Å². The summed E-state index contributed by atoms with van der Waals surface area (Å²) in [6, 6.07) is 9.89. The fraction of sp³-hybridized carbons (Fsp3) is 0.432. The molecule has 3 fully saturated rings. The predicted octanol–water partition coefficient (Wildman–Crippen LogP) is 3.90. The van der Waals surface area contributed by atoms with Gasteiger partial charge >= 0.3 is 0 Å². The zero-order chi connectivity index (χ0) is 48.0. The van der Waals surface area contributed by atoms with Crippen LogP contribution in [-0.4, -0.2) is 112 Å². The van der Waals surface area contributed by atoms with Gasteiger partial charge in [0.05, 0.1) is 17.9 Å². The topological polar surface area (TPSA) is 286 Å². The number of aromatic nitrogens is 8. The summed E-state index contributed by atoms with van der Waals surface area (Å²) in [7, 11) is -2.53. The summed E-state index contributed by atoms with van der Waals surface area (Å²) in [6.07, 6.45) is 16.8. The van der Waals surface area contributed by atoms with Gasteiger partial charge in [0, 0.05) is 50.5 Å². The van der Waals surface area contributed by atoms with Gasteiger partial charge in [0.15, 0.2) is 10.9 Å². The van der Waals surface area contributed by atoms with E-state index in [1.165, 1.54) is 30.6 Å². The number of pyridine rings is 2. The molecule has 69 heavy (non-hydrogen) atoms. The molecule has 6 aromatic rings. The fourth-order valence-electron chi connectivity index (χ4n) is 10.6. The molecule has 3 saturated carbocycles. The van der Waals surface area contributed by atoms with E-state index in [1.54, 1.807) is 35.3 Å². The lowest BCUT2D eigenvalue weighted by molar-refractivity contribution is -0.125. The van der Waals surface area contributed by atoms with Gasteiger partial charge in [-0.1, -0.05) is 38.5 Å². The Morgan fingerprint density at radius 2 is 1.43 bits per heavy atom. The number of nitrogens with one attached hydrogen (secondary N) is 2. The lowest BCUT2D eigenvalue weighted by atomic mass is 9.79. The number of anilines is 6. The molecule has 6 N–H and O–H groups in total. The average molecular weight is 977 g/mol. The summed E-state index contributed by atoms with van der Waals surface area (Å²) in [5, 5.41) is 32.7. The summed E-state index contributed by atoms with van der Waals surface area (Å²) in [4.78, 5) is 46.6. The SMILES string of the molecule is CNC1=NN(C)c2cc3cnc(N(CC(=O)N(C)C4=NN(C5CC5)c5cc6cnc(Nc7ccc(S(N)(=O)=O)cn7)nc6n5C45CCCCC5)c4ccc(S(N)(=O)=O)nc4)nc3n2C12CCCCC2. The number of hydrogen-bond acceptors (Lipinski definition) is 18. The minimum atomic E-state index is -4.13. The Morgan fingerprint density at radius 3 is 2.06 bits per heavy atom. The van der Waals surface area contributed by atoms with Crippen LogP contribution in [0.3, 0.4) is 0 Å². The van der Waals surface area contributed by atoms with Gasteiger partial charge in [-0.2, -0.15) is 20.2 Å². The van der Waals surface area contributed by atoms with Crippen molar-refractivity contribution in [3.05, 3.63) is 61.2 Å². The van der Waals surface area contributed by atoms with Crippen molar-refractivity contribution in [2.45, 2.75) is 104 Å². The van der Waals surface area contributed by atoms with Gasteiger partial charge in [-0.15, -0.1) is 0 Å². The van der Waals surface area contributed by atoms with Crippen LogP contribution in [0.5, 0.6) is 0 Å². The molecular formula is C44H52N18O5S2. The van der Waals surface area contributed by atoms with Gasteiger partial charge in [-0.25, -0.2) is 52.1 Å². The molecule has 1 amide bonds. The molecule has 3 aliphatic carbocycles. The molecule has 25 heteroatoms. The van der Waals surface area contributed by atoms with Crippen molar-refractivity contribution in [3.63, 3.8) is 0 Å². The molecule has 0 atom stereocenters. The number of fused-ring (bicyclic) bond motifs is 8. The lowest BCUT2D eigenvalue weighted by Gasteiger charge is -2.47. The van der Waals surface area contributed by atoms with Gasteiger partial charge in [0.25, 0.3) is 10.0 Å². The van der Waals surface area contributed by atoms with Gasteiger partial charge in [-0.05, 0) is 74.9 Å². The molecule has 8 heterocycles. The quantitative estimate of drug-likeness (QED) is 0.160. The van der Waals surface area contributed by atoms with Crippen molar-refractivity contribution in [2.75, 3.05) is 47.9 Å². The Labute approximate surface area is 397 Å². The molecule has 0 aromatic carbocycles. The highest BCUT2D eigenvalue weighted by Gasteiger charge is 2.51. The second kappa shape index (κ2) is 16.4. The second-order valence-corrected chi connectivity index (χ2v) is 21.6. The zero-order valence-corrected chi connectivity index (χ0v) is 39.9. The third-order valence-electron chi connectivity index (χ3n) is 14.1. The van der Waals surface area contributed by atoms with E-state index < -0.39 is 31.1 Å². The molecule has 0 saturated heterocycles. The van der Waals surface area contributed by atoms with Crippen molar-refractivity contribution < 1.29 is 21.6 Å². The van der Waals surface area contributed by atoms with E-state index in [0.29, 0.717) is 41.5 Å². The number of hydrazone groups is 2. The van der Waals surface area contributed by atoms with Crippen molar-refractivity contribution >= 4 is 94.7 Å². The largest absolute Gasteiger partial charge is 0.373 e. The molecule has 2 spiro atoms. The van der Waals surface area contributed by atoms with Crippen molar-refractivity contribution in [2.24, 2.45) is 20.5 Å². The molecule has 23 nitrogen and oxygen atoms in total. The molecule has 11 rings (SSSR count). The van der Waals surface area contributed by atoms with Gasteiger partial charge < -0.3 is 10.6 Å². The third kappa shape index (κ3) is 7.57. The van der Waals surface area contributed by atoms with Crippen LogP contribution in [0, 0.1) is 0 Å². The first-order chi connectivity index (χ1) is 33.1. The molecule has 5 aliphatic rings. The maximum atomic E-state index is 15.3. The van der Waals surface area contributed by atoms with Gasteiger partial charge in [-0.3, -0.25) is 28.7 Å². The number of likely N-dealkylation sites (N-methyl/N-ethyl adjacent to an activating group) is 2. The number of carbonyl (C=O) groups is 1. The number of nitrogens with zero attached hydrogens (tertiary/aromatic N) is 14. The molecule has 6 aromatic heterocycles. The van der Waals surface area contributed by atoms with E-state index in [9.17, 15) is 16.8 Å². The molecule has 0 bridgehead atoms. The Balaban J connectivity index is 0.990. The maximum absolute atomic E-state index is 15.3. The minimum Gasteiger partial charge on any atom is -0.373 e. The fourth-order valence-corrected chi connectivity index (χ4v) is 11.5. The maximum Gasteiger partial charge on any atom is 0.255 e. The number of amides is 1. The van der Waals surface area contributed by atoms with E-state index in [4.69, 9.17) is 35.4 Å². The first kappa shape index (κ1) is 44.7. The van der Waals surface area contributed by atoms with Crippen molar-refractivity contribution in [1.29, 1.82) is 0 Å². The first-order valence-electron chi connectivity index (χ1n) is 23.0. The highest BCUT2D eigenvalue weighted by atomic mass is 32.2. The van der Waals surface area contributed by atoms with Crippen molar-refractivity contribution in [3.8, 4) is 0 Å². The summed E-state index contributed by atoms with van der Waals surface area (Å²) in [5.74, 6) is 3.58. The monoisotopic (exact) mass is 976 g/mol. The standard InChI is InChI=1S/C44H52N18O5S2/c1-47-39-43(16-6-4-7-17-43)60-34(58(3)55-39)20-27-23-51-42(54-38(27)60)59(30-12-15-33(49-24-30)69(46,66)67)26-36(63)57(2)40-44(18-8-5-9-19-44)61-35(62(56-40)29-10-11-29)21-28-22-50-41(53-37(28)61)52-32-14-13-31(25-48-32)68(45,64)65/h12-15,20-25,29H,4-11,16-19,26H2,1-3H3,(H,47,55)(H2,45,64,65)(H2,46,66,67)(H,48,50,52,53). The normalized spacial score (nSPS) is 18.7. The smallest absolute Gasteiger partial charge is 0.255 e. The van der Waals surface area contributed by atoms with Gasteiger partial charge in [0.1, 0.15) is 57.1 Å². The number of carbonyl (C=O) groups excluding carboxylic acids is 1. The summed E-state index contributed by atoms with van der Waals surface area (Å²) >= 11 is 0. The number of rotatable bonds is 9.